The number of rotatable bonds is 2. The van der Waals surface area contributed by atoms with Crippen LogP contribution in [0.3, 0.4) is 0 Å². The molecule has 1 atom stereocenters. The normalized spacial score (nSPS) is 13.3. The Kier molecular flexibility index (Phi) is 2.85. The zero-order valence-corrected chi connectivity index (χ0v) is 9.39. The largest absolute Gasteiger partial charge is 0.339 e. The van der Waals surface area contributed by atoms with Crippen LogP contribution < -0.4 is 4.98 Å². The molecule has 1 unspecified atom stereocenters. The Morgan fingerprint density at radius 3 is 2.73 bits per heavy atom. The molecule has 0 radical (unpaired) electrons. The summed E-state index contributed by atoms with van der Waals surface area (Å²) in [5.74, 6) is 0. The molecule has 2 heteroatoms. The lowest BCUT2D eigenvalue weighted by molar-refractivity contribution is 0.743. The van der Waals surface area contributed by atoms with Crippen molar-refractivity contribution in [2.75, 3.05) is 0 Å². The summed E-state index contributed by atoms with van der Waals surface area (Å²) in [6.45, 7) is 4.32. The van der Waals surface area contributed by atoms with Gasteiger partial charge < -0.3 is 4.98 Å². The average molecular weight is 165 g/mol. The number of hydrogen-bond donors (Lipinski definition) is 1. The molecule has 1 rings (SSSR count). The van der Waals surface area contributed by atoms with Gasteiger partial charge >= 0.3 is 0 Å². The molecule has 0 aliphatic carbocycles. The highest BCUT2D eigenvalue weighted by Crippen LogP contribution is 2.12. The van der Waals surface area contributed by atoms with Gasteiger partial charge in [0.05, 0.1) is 10.4 Å². The lowest BCUT2D eigenvalue weighted by Gasteiger charge is -2.10. The highest BCUT2D eigenvalue weighted by atomic mass is 28.2. The van der Waals surface area contributed by atoms with Gasteiger partial charge in [-0.25, -0.2) is 0 Å². The van der Waals surface area contributed by atoms with Crippen LogP contribution in [0.15, 0.2) is 24.3 Å². The first-order valence-electron chi connectivity index (χ1n) is 3.98. The van der Waals surface area contributed by atoms with E-state index in [-0.39, 0.29) is 0 Å². The molecule has 1 nitrogen and oxygen atoms in total. The molecule has 0 amide bonds. The average Bonchev–Trinajstić information content (AvgIpc) is 2.03. The Morgan fingerprint density at radius 1 is 1.45 bits per heavy atom. The topological polar surface area (TPSA) is 12.0 Å². The zero-order valence-electron chi connectivity index (χ0n) is 7.39. The van der Waals surface area contributed by atoms with Gasteiger partial charge in [-0.2, -0.15) is 0 Å². The molecule has 0 fully saturated rings. The monoisotopic (exact) mass is 165 g/mol. The third kappa shape index (κ3) is 2.17. The molecular weight excluding hydrogens is 150 g/mol. The first kappa shape index (κ1) is 8.49. The van der Waals surface area contributed by atoms with E-state index in [9.17, 15) is 0 Å². The molecule has 0 spiro atoms. The highest BCUT2D eigenvalue weighted by molar-refractivity contribution is 6.04. The summed E-state index contributed by atoms with van der Waals surface area (Å²) in [5, 5.41) is 0. The van der Waals surface area contributed by atoms with Gasteiger partial charge in [-0.3, -0.25) is 0 Å². The number of nitrogens with one attached hydrogen (secondary N) is 1. The fourth-order valence-electron chi connectivity index (χ4n) is 1.11. The molecule has 0 aliphatic heterocycles. The van der Waals surface area contributed by atoms with Gasteiger partial charge in [-0.15, -0.1) is 0 Å². The SMILES string of the molecule is Cc1cccc(C(C)N[SiH3])c1. The van der Waals surface area contributed by atoms with Gasteiger partial charge in [0.15, 0.2) is 0 Å². The molecule has 1 N–H and O–H groups in total. The first-order chi connectivity index (χ1) is 5.24. The van der Waals surface area contributed by atoms with Crippen LogP contribution >= 0.6 is 0 Å². The highest BCUT2D eigenvalue weighted by Gasteiger charge is 1.99. The van der Waals surface area contributed by atoms with Crippen molar-refractivity contribution < 1.29 is 0 Å². The molecule has 0 aliphatic rings. The molecule has 1 aromatic carbocycles. The van der Waals surface area contributed by atoms with E-state index in [1.54, 1.807) is 0 Å². The Labute approximate surface area is 71.3 Å². The second kappa shape index (κ2) is 3.69. The van der Waals surface area contributed by atoms with Crippen LogP contribution in [-0.4, -0.2) is 10.4 Å². The van der Waals surface area contributed by atoms with Gasteiger partial charge in [0.1, 0.15) is 0 Å². The Morgan fingerprint density at radius 2 is 2.18 bits per heavy atom. The standard InChI is InChI=1S/C9H15NSi/c1-7-4-3-5-9(6-7)8(2)10-11/h3-6,8,10H,1-2,11H3. The van der Waals surface area contributed by atoms with Gasteiger partial charge in [0.25, 0.3) is 0 Å². The van der Waals surface area contributed by atoms with Crippen molar-refractivity contribution in [2.24, 2.45) is 0 Å². The first-order valence-corrected chi connectivity index (χ1v) is 4.98. The van der Waals surface area contributed by atoms with E-state index in [1.165, 1.54) is 11.1 Å². The van der Waals surface area contributed by atoms with Crippen molar-refractivity contribution >= 4 is 10.4 Å². The summed E-state index contributed by atoms with van der Waals surface area (Å²) < 4.78 is 0. The van der Waals surface area contributed by atoms with Crippen molar-refractivity contribution in [3.05, 3.63) is 35.4 Å². The third-order valence-electron chi connectivity index (χ3n) is 1.98. The predicted molar refractivity (Wildman–Crippen MR) is 52.7 cm³/mol. The molecular formula is C9H15NSi. The number of hydrogen-bond acceptors (Lipinski definition) is 1. The lowest BCUT2D eigenvalue weighted by atomic mass is 10.1. The second-order valence-corrected chi connectivity index (χ2v) is 3.50. The molecule has 0 heterocycles. The van der Waals surface area contributed by atoms with Crippen LogP contribution in [0.2, 0.25) is 0 Å². The van der Waals surface area contributed by atoms with Crippen molar-refractivity contribution in [1.82, 2.24) is 4.98 Å². The Bertz CT molecular complexity index is 235. The zero-order chi connectivity index (χ0) is 8.27. The maximum Gasteiger partial charge on any atom is 0.0756 e. The second-order valence-electron chi connectivity index (χ2n) is 2.92. The van der Waals surface area contributed by atoms with E-state index in [0.29, 0.717) is 6.04 Å². The van der Waals surface area contributed by atoms with Crippen LogP contribution in [0.4, 0.5) is 0 Å². The summed E-state index contributed by atoms with van der Waals surface area (Å²) >= 11 is 0. The summed E-state index contributed by atoms with van der Waals surface area (Å²) in [6.07, 6.45) is 0. The van der Waals surface area contributed by atoms with E-state index in [2.05, 4.69) is 43.1 Å². The molecule has 60 valence electrons. The Balaban J connectivity index is 2.86. The van der Waals surface area contributed by atoms with Gasteiger partial charge in [-0.1, -0.05) is 29.8 Å². The maximum absolute atomic E-state index is 3.35. The lowest BCUT2D eigenvalue weighted by Crippen LogP contribution is -2.13. The number of benzene rings is 1. The van der Waals surface area contributed by atoms with E-state index in [1.807, 2.05) is 0 Å². The summed E-state index contributed by atoms with van der Waals surface area (Å²) in [7, 11) is 1.06. The van der Waals surface area contributed by atoms with E-state index in [0.717, 1.165) is 10.4 Å². The van der Waals surface area contributed by atoms with Crippen molar-refractivity contribution in [3.63, 3.8) is 0 Å². The summed E-state index contributed by atoms with van der Waals surface area (Å²) in [6, 6.07) is 9.16. The summed E-state index contributed by atoms with van der Waals surface area (Å²) in [4.78, 5) is 3.35. The van der Waals surface area contributed by atoms with Gasteiger partial charge in [0, 0.05) is 6.04 Å². The van der Waals surface area contributed by atoms with Crippen LogP contribution in [0.5, 0.6) is 0 Å². The fraction of sp³-hybridized carbons (Fsp3) is 0.333. The van der Waals surface area contributed by atoms with E-state index < -0.39 is 0 Å². The molecule has 1 aromatic rings. The van der Waals surface area contributed by atoms with Crippen LogP contribution in [-0.2, 0) is 0 Å². The quantitative estimate of drug-likeness (QED) is 0.643. The predicted octanol–water partition coefficient (Wildman–Crippen LogP) is 0.926. The van der Waals surface area contributed by atoms with Crippen LogP contribution in [0, 0.1) is 6.92 Å². The Hall–Kier alpha value is -0.603. The molecule has 0 aromatic heterocycles. The minimum Gasteiger partial charge on any atom is -0.339 e. The smallest absolute Gasteiger partial charge is 0.0756 e. The van der Waals surface area contributed by atoms with E-state index >= 15 is 0 Å². The number of aryl methyl sites for hydroxylation is 1. The van der Waals surface area contributed by atoms with Crippen LogP contribution in [0.25, 0.3) is 0 Å². The van der Waals surface area contributed by atoms with Crippen LogP contribution in [0.1, 0.15) is 24.1 Å². The molecule has 11 heavy (non-hydrogen) atoms. The van der Waals surface area contributed by atoms with Crippen molar-refractivity contribution in [1.29, 1.82) is 0 Å². The maximum atomic E-state index is 3.35. The minimum absolute atomic E-state index is 0.515. The molecule has 0 saturated heterocycles. The van der Waals surface area contributed by atoms with Gasteiger partial charge in [-0.05, 0) is 19.4 Å². The van der Waals surface area contributed by atoms with Gasteiger partial charge in [0.2, 0.25) is 0 Å². The molecule has 0 bridgehead atoms. The summed E-state index contributed by atoms with van der Waals surface area (Å²) in [5.41, 5.74) is 2.73. The minimum atomic E-state index is 0.515. The fourth-order valence-corrected chi connectivity index (χ4v) is 1.44. The van der Waals surface area contributed by atoms with Crippen molar-refractivity contribution in [3.8, 4) is 0 Å². The van der Waals surface area contributed by atoms with Crippen molar-refractivity contribution in [2.45, 2.75) is 19.9 Å². The third-order valence-corrected chi connectivity index (χ3v) is 2.84. The van der Waals surface area contributed by atoms with E-state index in [4.69, 9.17) is 0 Å². The molecule has 0 saturated carbocycles.